The summed E-state index contributed by atoms with van der Waals surface area (Å²) in [5, 5.41) is 20.3. The molecule has 1 aromatic rings. The van der Waals surface area contributed by atoms with Gasteiger partial charge in [0.25, 0.3) is 11.4 Å². The Labute approximate surface area is 127 Å². The molecule has 0 saturated heterocycles. The number of rotatable bonds is 3. The third-order valence-corrected chi connectivity index (χ3v) is 2.86. The zero-order chi connectivity index (χ0) is 13.4. The second-order valence-electron chi connectivity index (χ2n) is 2.74. The van der Waals surface area contributed by atoms with Crippen molar-refractivity contribution in [3.8, 4) is 0 Å². The predicted octanol–water partition coefficient (Wildman–Crippen LogP) is -1.94. The van der Waals surface area contributed by atoms with E-state index >= 15 is 0 Å². The Hall–Kier alpha value is -0.780. The van der Waals surface area contributed by atoms with Gasteiger partial charge < -0.3 is 4.55 Å². The Balaban J connectivity index is 0.00000289. The standard InChI is InChI=1S/C6H3ClN2O7S.Na/c7-3-1-5(9(12)13)6(17(14,15)16)2-4(3)8(10)11;/h1-2H,(H,14,15,16);/q;+1/p-1. The second kappa shape index (κ2) is 5.91. The number of benzene rings is 1. The molecule has 0 aromatic heterocycles. The van der Waals surface area contributed by atoms with Crippen molar-refractivity contribution in [1.29, 1.82) is 0 Å². The summed E-state index contributed by atoms with van der Waals surface area (Å²) in [7, 11) is -5.21. The summed E-state index contributed by atoms with van der Waals surface area (Å²) >= 11 is 5.35. The number of nitro benzene ring substituents is 2. The maximum absolute atomic E-state index is 10.7. The van der Waals surface area contributed by atoms with Crippen LogP contribution in [0.15, 0.2) is 17.0 Å². The Morgan fingerprint density at radius 1 is 1.06 bits per heavy atom. The first-order valence-electron chi connectivity index (χ1n) is 3.73. The molecule has 0 bridgehead atoms. The molecule has 0 spiro atoms. The molecule has 1 rings (SSSR count). The molecule has 0 atom stereocenters. The molecule has 0 amide bonds. The van der Waals surface area contributed by atoms with Gasteiger partial charge in [-0.05, 0) is 0 Å². The average molecular weight is 305 g/mol. The second-order valence-corrected chi connectivity index (χ2v) is 4.49. The van der Waals surface area contributed by atoms with E-state index in [0.29, 0.717) is 6.07 Å². The van der Waals surface area contributed by atoms with E-state index in [1.54, 1.807) is 0 Å². The van der Waals surface area contributed by atoms with Gasteiger partial charge in [-0.1, -0.05) is 11.6 Å². The van der Waals surface area contributed by atoms with E-state index in [0.717, 1.165) is 0 Å². The molecule has 0 aliphatic rings. The maximum atomic E-state index is 10.7. The van der Waals surface area contributed by atoms with Gasteiger partial charge in [0.15, 0.2) is 0 Å². The van der Waals surface area contributed by atoms with Crippen LogP contribution in [0.4, 0.5) is 11.4 Å². The molecule has 1 aromatic carbocycles. The quantitative estimate of drug-likeness (QED) is 0.273. The molecule has 9 nitrogen and oxygen atoms in total. The van der Waals surface area contributed by atoms with Gasteiger partial charge in [0.2, 0.25) is 0 Å². The Bertz CT molecular complexity index is 617. The molecule has 18 heavy (non-hydrogen) atoms. The van der Waals surface area contributed by atoms with Gasteiger partial charge in [-0.2, -0.15) is 0 Å². The molecule has 0 N–H and O–H groups in total. The average Bonchev–Trinajstić information content (AvgIpc) is 2.14. The van der Waals surface area contributed by atoms with Crippen LogP contribution in [0.5, 0.6) is 0 Å². The fourth-order valence-electron chi connectivity index (χ4n) is 1.01. The molecule has 0 radical (unpaired) electrons. The van der Waals surface area contributed by atoms with Gasteiger partial charge in [0.05, 0.1) is 9.85 Å². The molecule has 0 aliphatic carbocycles. The van der Waals surface area contributed by atoms with Crippen LogP contribution in [-0.2, 0) is 10.1 Å². The van der Waals surface area contributed by atoms with Gasteiger partial charge in [-0.25, -0.2) is 8.42 Å². The maximum Gasteiger partial charge on any atom is 1.00 e. The number of hydrogen-bond acceptors (Lipinski definition) is 7. The molecule has 0 aliphatic heterocycles. The van der Waals surface area contributed by atoms with E-state index in [-0.39, 0.29) is 35.6 Å². The predicted molar refractivity (Wildman–Crippen MR) is 52.7 cm³/mol. The van der Waals surface area contributed by atoms with E-state index < -0.39 is 41.3 Å². The van der Waals surface area contributed by atoms with Crippen molar-refractivity contribution < 1.29 is 52.4 Å². The summed E-state index contributed by atoms with van der Waals surface area (Å²) in [5.41, 5.74) is -2.00. The van der Waals surface area contributed by atoms with E-state index in [2.05, 4.69) is 0 Å². The normalized spacial score (nSPS) is 10.6. The first kappa shape index (κ1) is 17.2. The van der Waals surface area contributed by atoms with Crippen molar-refractivity contribution in [1.82, 2.24) is 0 Å². The third-order valence-electron chi connectivity index (χ3n) is 1.69. The third kappa shape index (κ3) is 3.60. The minimum atomic E-state index is -5.21. The molecule has 12 heteroatoms. The van der Waals surface area contributed by atoms with Crippen LogP contribution in [0.3, 0.4) is 0 Å². The van der Waals surface area contributed by atoms with Crippen LogP contribution in [0.25, 0.3) is 0 Å². The van der Waals surface area contributed by atoms with Crippen LogP contribution in [-0.4, -0.2) is 22.8 Å². The molecular formula is C6H2ClN2NaO7S. The van der Waals surface area contributed by atoms with Gasteiger partial charge in [0.1, 0.15) is 20.0 Å². The fourth-order valence-corrected chi connectivity index (χ4v) is 1.89. The monoisotopic (exact) mass is 304 g/mol. The molecule has 0 saturated carbocycles. The van der Waals surface area contributed by atoms with E-state index in [4.69, 9.17) is 11.6 Å². The topological polar surface area (TPSA) is 143 Å². The number of nitrogens with zero attached hydrogens (tertiary/aromatic N) is 2. The molecule has 0 unspecified atom stereocenters. The van der Waals surface area contributed by atoms with Crippen molar-refractivity contribution in [2.24, 2.45) is 0 Å². The SMILES string of the molecule is O=[N+]([O-])c1cc(S(=O)(=O)[O-])c([N+](=O)[O-])cc1Cl.[Na+]. The van der Waals surface area contributed by atoms with Gasteiger partial charge >= 0.3 is 29.6 Å². The van der Waals surface area contributed by atoms with Crippen LogP contribution >= 0.6 is 11.6 Å². The van der Waals surface area contributed by atoms with Crippen LogP contribution in [0.2, 0.25) is 5.02 Å². The molecule has 92 valence electrons. The summed E-state index contributed by atoms with van der Waals surface area (Å²) in [5.74, 6) is 0. The van der Waals surface area contributed by atoms with Gasteiger partial charge in [0, 0.05) is 12.1 Å². The van der Waals surface area contributed by atoms with Gasteiger partial charge in [-0.15, -0.1) is 0 Å². The molecule has 0 fully saturated rings. The number of halogens is 1. The van der Waals surface area contributed by atoms with Crippen molar-refractivity contribution in [3.63, 3.8) is 0 Å². The van der Waals surface area contributed by atoms with Crippen molar-refractivity contribution in [2.45, 2.75) is 4.90 Å². The van der Waals surface area contributed by atoms with Crippen LogP contribution in [0, 0.1) is 20.2 Å². The fraction of sp³-hybridized carbons (Fsp3) is 0. The zero-order valence-corrected chi connectivity index (χ0v) is 12.3. The summed E-state index contributed by atoms with van der Waals surface area (Å²) < 4.78 is 32.2. The first-order chi connectivity index (χ1) is 7.64. The van der Waals surface area contributed by atoms with Crippen LogP contribution < -0.4 is 29.6 Å². The molecule has 0 heterocycles. The molecular weight excluding hydrogens is 303 g/mol. The Morgan fingerprint density at radius 2 is 1.50 bits per heavy atom. The summed E-state index contributed by atoms with van der Waals surface area (Å²) in [6.45, 7) is 0. The van der Waals surface area contributed by atoms with Crippen molar-refractivity contribution >= 4 is 33.1 Å². The minimum Gasteiger partial charge on any atom is -0.744 e. The summed E-state index contributed by atoms with van der Waals surface area (Å²) in [6.07, 6.45) is 0. The summed E-state index contributed by atoms with van der Waals surface area (Å²) in [6, 6.07) is 0.716. The minimum absolute atomic E-state index is 0. The van der Waals surface area contributed by atoms with E-state index in [9.17, 15) is 33.2 Å². The zero-order valence-electron chi connectivity index (χ0n) is 8.69. The van der Waals surface area contributed by atoms with Crippen molar-refractivity contribution in [3.05, 3.63) is 37.4 Å². The largest absolute Gasteiger partial charge is 1.00 e. The van der Waals surface area contributed by atoms with Crippen molar-refractivity contribution in [2.75, 3.05) is 0 Å². The number of hydrogen-bond donors (Lipinski definition) is 0. The number of nitro groups is 2. The Morgan fingerprint density at radius 3 is 1.83 bits per heavy atom. The Kier molecular flexibility index (Phi) is 5.65. The van der Waals surface area contributed by atoms with E-state index in [1.165, 1.54) is 0 Å². The smallest absolute Gasteiger partial charge is 0.744 e. The van der Waals surface area contributed by atoms with Gasteiger partial charge in [-0.3, -0.25) is 20.2 Å². The van der Waals surface area contributed by atoms with Crippen LogP contribution in [0.1, 0.15) is 0 Å². The summed E-state index contributed by atoms with van der Waals surface area (Å²) in [4.78, 5) is 17.4. The first-order valence-corrected chi connectivity index (χ1v) is 5.51. The van der Waals surface area contributed by atoms with E-state index in [1.807, 2.05) is 0 Å².